The monoisotopic (exact) mass is 650 g/mol. The van der Waals surface area contributed by atoms with Crippen LogP contribution in [0.1, 0.15) is 115 Å². The van der Waals surface area contributed by atoms with Crippen LogP contribution in [-0.4, -0.2) is 65.6 Å². The number of amides is 2. The fourth-order valence-electron chi connectivity index (χ4n) is 7.17. The number of piperidine rings is 1. The van der Waals surface area contributed by atoms with Gasteiger partial charge in [0, 0.05) is 37.6 Å². The van der Waals surface area contributed by atoms with Crippen LogP contribution in [0.25, 0.3) is 0 Å². The number of hydrogen-bond donors (Lipinski definition) is 1. The number of likely N-dealkylation sites (tertiary alicyclic amines) is 1. The second kappa shape index (κ2) is 12.5. The highest BCUT2D eigenvalue weighted by atomic mass is 32.2. The topological polar surface area (TPSA) is 149 Å². The van der Waals surface area contributed by atoms with Gasteiger partial charge in [-0.15, -0.1) is 0 Å². The lowest BCUT2D eigenvalue weighted by atomic mass is 9.73. The first kappa shape index (κ1) is 37.4. The predicted octanol–water partition coefficient (Wildman–Crippen LogP) is 4.79. The van der Waals surface area contributed by atoms with Gasteiger partial charge in [0.05, 0.1) is 16.5 Å². The molecule has 0 aromatic heterocycles. The van der Waals surface area contributed by atoms with Crippen molar-refractivity contribution in [2.75, 3.05) is 12.3 Å². The first-order valence-electron chi connectivity index (χ1n) is 16.6. The molecular formula is C35H58N2O7S. The second-order valence-corrected chi connectivity index (χ2v) is 20.8. The van der Waals surface area contributed by atoms with Gasteiger partial charge in [-0.05, 0) is 67.1 Å². The van der Waals surface area contributed by atoms with E-state index in [0.29, 0.717) is 18.9 Å². The molecule has 3 rings (SSSR count). The fraction of sp³-hybridized carbons (Fsp3) is 0.857. The Morgan fingerprint density at radius 3 is 1.87 bits per heavy atom. The van der Waals surface area contributed by atoms with Crippen LogP contribution in [0.2, 0.25) is 0 Å². The molecule has 10 heteroatoms. The Labute approximate surface area is 271 Å². The maximum absolute atomic E-state index is 14.4. The number of sulfone groups is 1. The number of nitrogens with zero attached hydrogens (tertiary/aromatic N) is 1. The number of fused-ring (bicyclic) bond motifs is 1. The number of nitrogens with two attached hydrogens (primary N) is 1. The van der Waals surface area contributed by atoms with Gasteiger partial charge in [-0.1, -0.05) is 68.2 Å². The van der Waals surface area contributed by atoms with Gasteiger partial charge in [0.15, 0.2) is 15.6 Å². The summed E-state index contributed by atoms with van der Waals surface area (Å²) in [6, 6.07) is -0.723. The van der Waals surface area contributed by atoms with Crippen LogP contribution in [0.3, 0.4) is 0 Å². The molecule has 2 amide bonds. The zero-order chi connectivity index (χ0) is 34.7. The number of primary amides is 1. The quantitative estimate of drug-likeness (QED) is 0.266. The Bertz CT molecular complexity index is 1310. The molecule has 2 aliphatic carbocycles. The molecule has 0 radical (unpaired) electrons. The fourth-order valence-corrected chi connectivity index (χ4v) is 8.81. The molecule has 3 aliphatic rings. The van der Waals surface area contributed by atoms with E-state index in [4.69, 9.17) is 5.73 Å². The highest BCUT2D eigenvalue weighted by molar-refractivity contribution is 7.92. The summed E-state index contributed by atoms with van der Waals surface area (Å²) in [6.45, 7) is 21.1. The van der Waals surface area contributed by atoms with Crippen molar-refractivity contribution in [3.63, 3.8) is 0 Å². The third-order valence-corrected chi connectivity index (χ3v) is 13.7. The molecule has 1 heterocycles. The molecule has 2 saturated carbocycles. The Hall–Kier alpha value is -2.10. The minimum atomic E-state index is -3.48. The Balaban J connectivity index is 1.84. The van der Waals surface area contributed by atoms with Gasteiger partial charge in [-0.2, -0.15) is 0 Å². The lowest BCUT2D eigenvalue weighted by molar-refractivity contribution is -0.148. The van der Waals surface area contributed by atoms with E-state index < -0.39 is 60.9 Å². The van der Waals surface area contributed by atoms with Gasteiger partial charge in [0.2, 0.25) is 11.7 Å². The molecule has 0 bridgehead atoms. The largest absolute Gasteiger partial charge is 0.363 e. The minimum absolute atomic E-state index is 0.0391. The zero-order valence-corrected chi connectivity index (χ0v) is 30.3. The van der Waals surface area contributed by atoms with Gasteiger partial charge in [-0.25, -0.2) is 8.42 Å². The maximum atomic E-state index is 14.4. The molecule has 45 heavy (non-hydrogen) atoms. The van der Waals surface area contributed by atoms with Crippen LogP contribution in [0.15, 0.2) is 0 Å². The Kier molecular flexibility index (Phi) is 10.4. The lowest BCUT2D eigenvalue weighted by Crippen LogP contribution is -2.51. The van der Waals surface area contributed by atoms with Crippen LogP contribution in [0, 0.1) is 51.8 Å². The van der Waals surface area contributed by atoms with Crippen molar-refractivity contribution in [1.29, 1.82) is 0 Å². The summed E-state index contributed by atoms with van der Waals surface area (Å²) >= 11 is 0. The number of Topliss-reactive ketones (excluding diaryl/α,β-unsaturated/α-hetero) is 3. The van der Waals surface area contributed by atoms with E-state index in [1.807, 2.05) is 41.5 Å². The van der Waals surface area contributed by atoms with Gasteiger partial charge in [0.1, 0.15) is 5.78 Å². The van der Waals surface area contributed by atoms with Crippen molar-refractivity contribution in [2.45, 2.75) is 125 Å². The van der Waals surface area contributed by atoms with Crippen molar-refractivity contribution >= 4 is 39.0 Å². The first-order chi connectivity index (χ1) is 20.2. The van der Waals surface area contributed by atoms with Gasteiger partial charge in [-0.3, -0.25) is 24.0 Å². The molecular weight excluding hydrogens is 592 g/mol. The van der Waals surface area contributed by atoms with Crippen LogP contribution < -0.4 is 5.73 Å². The molecule has 0 aromatic carbocycles. The van der Waals surface area contributed by atoms with E-state index in [9.17, 15) is 32.4 Å². The van der Waals surface area contributed by atoms with Crippen molar-refractivity contribution in [1.82, 2.24) is 4.90 Å². The third kappa shape index (κ3) is 8.44. The number of ketones is 3. The number of carbonyl (C=O) groups is 5. The van der Waals surface area contributed by atoms with Crippen LogP contribution in [0.4, 0.5) is 0 Å². The van der Waals surface area contributed by atoms with E-state index in [1.165, 1.54) is 0 Å². The number of hydrogen-bond acceptors (Lipinski definition) is 7. The molecule has 6 atom stereocenters. The smallest absolute Gasteiger partial charge is 0.285 e. The average Bonchev–Trinajstić information content (AvgIpc) is 3.71. The summed E-state index contributed by atoms with van der Waals surface area (Å²) in [6.07, 6.45) is 2.23. The van der Waals surface area contributed by atoms with Crippen molar-refractivity contribution in [2.24, 2.45) is 57.5 Å². The summed E-state index contributed by atoms with van der Waals surface area (Å²) in [5, 5.41) is 0. The maximum Gasteiger partial charge on any atom is 0.285 e. The molecule has 1 aliphatic heterocycles. The normalized spacial score (nSPS) is 25.2. The molecule has 0 aromatic rings. The molecule has 2 N–H and O–H groups in total. The van der Waals surface area contributed by atoms with Crippen LogP contribution in [-0.2, 0) is 33.8 Å². The highest BCUT2D eigenvalue weighted by Crippen LogP contribution is 2.65. The predicted molar refractivity (Wildman–Crippen MR) is 175 cm³/mol. The van der Waals surface area contributed by atoms with Crippen LogP contribution in [0.5, 0.6) is 0 Å². The molecule has 2 unspecified atom stereocenters. The summed E-state index contributed by atoms with van der Waals surface area (Å²) < 4.78 is 25.3. The zero-order valence-electron chi connectivity index (χ0n) is 29.5. The van der Waals surface area contributed by atoms with Crippen molar-refractivity contribution in [3.05, 3.63) is 0 Å². The highest BCUT2D eigenvalue weighted by Gasteiger charge is 2.69. The summed E-state index contributed by atoms with van der Waals surface area (Å²) in [5.74, 6) is -4.05. The van der Waals surface area contributed by atoms with E-state index in [-0.39, 0.29) is 59.7 Å². The van der Waals surface area contributed by atoms with Crippen molar-refractivity contribution < 1.29 is 32.4 Å². The molecule has 3 fully saturated rings. The van der Waals surface area contributed by atoms with Crippen LogP contribution >= 0.6 is 0 Å². The van der Waals surface area contributed by atoms with Gasteiger partial charge in [0.25, 0.3) is 5.91 Å². The van der Waals surface area contributed by atoms with Gasteiger partial charge >= 0.3 is 0 Å². The first-order valence-corrected chi connectivity index (χ1v) is 18.3. The number of carbonyl (C=O) groups excluding carboxylic acids is 5. The number of rotatable bonds is 14. The van der Waals surface area contributed by atoms with E-state index >= 15 is 0 Å². The van der Waals surface area contributed by atoms with E-state index in [1.54, 1.807) is 25.7 Å². The lowest BCUT2D eigenvalue weighted by Gasteiger charge is -2.38. The Morgan fingerprint density at radius 2 is 1.42 bits per heavy atom. The van der Waals surface area contributed by atoms with Gasteiger partial charge < -0.3 is 10.6 Å². The molecule has 0 spiro atoms. The molecule has 256 valence electrons. The third-order valence-electron chi connectivity index (χ3n) is 11.0. The average molecular weight is 651 g/mol. The Morgan fingerprint density at radius 1 is 0.867 bits per heavy atom. The SMILES string of the molecule is CC(C)(C)[C@H](CC(=O)C[C@H](C(=O)N1CC2[C@@H]([C@H]1C(=O)CC(CC1CC1)C(=O)C(N)=O)C2(C)C)C(C)(C)C)CS(=O)(=O)C(C)(C)C. The minimum Gasteiger partial charge on any atom is -0.363 e. The molecule has 9 nitrogen and oxygen atoms in total. The summed E-state index contributed by atoms with van der Waals surface area (Å²) in [4.78, 5) is 68.1. The molecule has 1 saturated heterocycles. The van der Waals surface area contributed by atoms with Crippen molar-refractivity contribution in [3.8, 4) is 0 Å². The summed E-state index contributed by atoms with van der Waals surface area (Å²) in [7, 11) is -3.48. The van der Waals surface area contributed by atoms with E-state index in [0.717, 1.165) is 12.8 Å². The van der Waals surface area contributed by atoms with E-state index in [2.05, 4.69) is 13.8 Å². The summed E-state index contributed by atoms with van der Waals surface area (Å²) in [5.41, 5.74) is 4.15. The standard InChI is InChI=1S/C35H58N2O7S/c1-32(2,3)22(19-45(43,44)34(7,8)9)16-23(38)17-24(33(4,5)6)31(42)37-18-25-27(35(25,10)11)28(37)26(39)15-21(14-20-12-13-20)29(40)30(36)41/h20-22,24-25,27-28H,12-19H2,1-11H3,(H2,36,41)/t21?,22-,24-,25?,27+,28-/m1/s1. The second-order valence-electron chi connectivity index (χ2n) is 18.0.